The summed E-state index contributed by atoms with van der Waals surface area (Å²) in [7, 11) is 0. The zero-order valence-corrected chi connectivity index (χ0v) is 27.6. The molecule has 0 amide bonds. The first-order valence-corrected chi connectivity index (χ1v) is 16.5. The van der Waals surface area contributed by atoms with Crippen LogP contribution < -0.4 is 14.5 Å². The van der Waals surface area contributed by atoms with Crippen molar-refractivity contribution in [2.45, 2.75) is 26.2 Å². The summed E-state index contributed by atoms with van der Waals surface area (Å²) < 4.78 is 8.85. The number of ether oxygens (including phenoxy) is 1. The van der Waals surface area contributed by atoms with Gasteiger partial charge in [0.1, 0.15) is 29.8 Å². The van der Waals surface area contributed by atoms with E-state index in [-0.39, 0.29) is 5.41 Å². The van der Waals surface area contributed by atoms with Crippen LogP contribution in [0.1, 0.15) is 26.3 Å². The molecule has 0 radical (unpaired) electrons. The maximum atomic E-state index is 6.61. The van der Waals surface area contributed by atoms with E-state index in [4.69, 9.17) is 14.7 Å². The van der Waals surface area contributed by atoms with Crippen LogP contribution >= 0.6 is 0 Å². The molecule has 0 fully saturated rings. The van der Waals surface area contributed by atoms with Crippen molar-refractivity contribution in [3.63, 3.8) is 0 Å². The molecule has 8 aromatic rings. The Bertz CT molecular complexity index is 2530. The van der Waals surface area contributed by atoms with E-state index >= 15 is 0 Å². The average molecular weight is 639 g/mol. The minimum atomic E-state index is 0.00450. The number of nitrogens with zero attached hydrogens (tertiary/aromatic N) is 6. The van der Waals surface area contributed by atoms with Crippen LogP contribution in [0, 0.1) is 0 Å². The number of para-hydroxylation sites is 1. The summed E-state index contributed by atoms with van der Waals surface area (Å²) in [4.78, 5) is 18.6. The molecular formula is C42H34N6O. The van der Waals surface area contributed by atoms with Crippen LogP contribution in [0.4, 0.5) is 22.9 Å². The first kappa shape index (κ1) is 29.0. The summed E-state index contributed by atoms with van der Waals surface area (Å²) >= 11 is 0. The summed E-state index contributed by atoms with van der Waals surface area (Å²) in [5.41, 5.74) is 6.51. The Morgan fingerprint density at radius 3 is 2.31 bits per heavy atom. The number of aromatic nitrogens is 4. The fourth-order valence-corrected chi connectivity index (χ4v) is 6.95. The second-order valence-corrected chi connectivity index (χ2v) is 13.5. The Morgan fingerprint density at radius 1 is 0.612 bits per heavy atom. The summed E-state index contributed by atoms with van der Waals surface area (Å²) in [5.74, 6) is 3.32. The topological polar surface area (TPSA) is 59.3 Å². The Labute approximate surface area is 284 Å². The molecule has 0 unspecified atom stereocenters. The lowest BCUT2D eigenvalue weighted by Gasteiger charge is -2.22. The normalized spacial score (nSPS) is 13.0. The highest BCUT2D eigenvalue weighted by molar-refractivity contribution is 6.09. The van der Waals surface area contributed by atoms with Crippen LogP contribution in [-0.4, -0.2) is 26.2 Å². The van der Waals surface area contributed by atoms with E-state index < -0.39 is 0 Å². The van der Waals surface area contributed by atoms with E-state index in [0.29, 0.717) is 6.67 Å². The van der Waals surface area contributed by atoms with Gasteiger partial charge in [-0.3, -0.25) is 9.55 Å². The number of anilines is 4. The zero-order chi connectivity index (χ0) is 33.1. The predicted octanol–water partition coefficient (Wildman–Crippen LogP) is 10.5. The molecule has 49 heavy (non-hydrogen) atoms. The zero-order valence-electron chi connectivity index (χ0n) is 27.6. The quantitative estimate of drug-likeness (QED) is 0.187. The predicted molar refractivity (Wildman–Crippen MR) is 199 cm³/mol. The Hall–Kier alpha value is -6.21. The van der Waals surface area contributed by atoms with Crippen molar-refractivity contribution < 1.29 is 4.74 Å². The molecule has 1 aliphatic rings. The third-order valence-electron chi connectivity index (χ3n) is 9.40. The largest absolute Gasteiger partial charge is 0.457 e. The van der Waals surface area contributed by atoms with Crippen molar-refractivity contribution in [1.29, 1.82) is 0 Å². The first-order chi connectivity index (χ1) is 23.9. The van der Waals surface area contributed by atoms with Crippen LogP contribution in [0.5, 0.6) is 11.5 Å². The number of benzene rings is 4. The summed E-state index contributed by atoms with van der Waals surface area (Å²) in [5, 5.41) is 4.60. The van der Waals surface area contributed by atoms with Crippen molar-refractivity contribution >= 4 is 55.5 Å². The fourth-order valence-electron chi connectivity index (χ4n) is 6.95. The molecule has 0 spiro atoms. The van der Waals surface area contributed by atoms with Gasteiger partial charge < -0.3 is 14.5 Å². The molecule has 0 bridgehead atoms. The molecule has 238 valence electrons. The van der Waals surface area contributed by atoms with E-state index in [1.807, 2.05) is 43.0 Å². The molecule has 1 aliphatic heterocycles. The van der Waals surface area contributed by atoms with E-state index in [2.05, 4.69) is 137 Å². The lowest BCUT2D eigenvalue weighted by Crippen LogP contribution is -2.24. The van der Waals surface area contributed by atoms with Gasteiger partial charge in [-0.15, -0.1) is 0 Å². The van der Waals surface area contributed by atoms with Gasteiger partial charge in [-0.1, -0.05) is 69.3 Å². The maximum absolute atomic E-state index is 6.61. The molecule has 7 heteroatoms. The molecule has 5 heterocycles. The first-order valence-electron chi connectivity index (χ1n) is 16.5. The van der Waals surface area contributed by atoms with Gasteiger partial charge in [-0.25, -0.2) is 9.97 Å². The van der Waals surface area contributed by atoms with E-state index in [1.54, 1.807) is 0 Å². The van der Waals surface area contributed by atoms with Gasteiger partial charge in [0.2, 0.25) is 0 Å². The van der Waals surface area contributed by atoms with Gasteiger partial charge in [0, 0.05) is 52.6 Å². The Kier molecular flexibility index (Phi) is 6.62. The van der Waals surface area contributed by atoms with Crippen LogP contribution in [0.15, 0.2) is 140 Å². The molecule has 7 nitrogen and oxygen atoms in total. The summed E-state index contributed by atoms with van der Waals surface area (Å²) in [6.07, 6.45) is 7.54. The fraction of sp³-hybridized carbons (Fsp3) is 0.119. The minimum Gasteiger partial charge on any atom is -0.457 e. The molecule has 0 saturated carbocycles. The van der Waals surface area contributed by atoms with Gasteiger partial charge in [-0.2, -0.15) is 0 Å². The molecule has 0 aliphatic carbocycles. The molecule has 9 rings (SSSR count). The second kappa shape index (κ2) is 11.2. The summed E-state index contributed by atoms with van der Waals surface area (Å²) in [6, 6.07) is 39.9. The molecule has 0 saturated heterocycles. The lowest BCUT2D eigenvalue weighted by atomic mass is 9.88. The molecule has 0 N–H and O–H groups in total. The number of fused-ring (bicyclic) bond motifs is 5. The Balaban J connectivity index is 1.08. The second-order valence-electron chi connectivity index (χ2n) is 13.5. The average Bonchev–Trinajstić information content (AvgIpc) is 3.67. The van der Waals surface area contributed by atoms with Crippen molar-refractivity contribution in [2.75, 3.05) is 16.5 Å². The third kappa shape index (κ3) is 4.93. The Morgan fingerprint density at radius 2 is 1.41 bits per heavy atom. The van der Waals surface area contributed by atoms with Crippen molar-refractivity contribution in [3.05, 3.63) is 146 Å². The van der Waals surface area contributed by atoms with Crippen LogP contribution in [0.3, 0.4) is 0 Å². The number of rotatable bonds is 5. The highest BCUT2D eigenvalue weighted by atomic mass is 16.5. The van der Waals surface area contributed by atoms with E-state index in [1.165, 1.54) is 10.9 Å². The van der Waals surface area contributed by atoms with Crippen LogP contribution in [0.2, 0.25) is 0 Å². The van der Waals surface area contributed by atoms with Gasteiger partial charge in [0.25, 0.3) is 0 Å². The van der Waals surface area contributed by atoms with Gasteiger partial charge in [-0.05, 0) is 71.0 Å². The highest BCUT2D eigenvalue weighted by Crippen LogP contribution is 2.45. The maximum Gasteiger partial charge on any atom is 0.142 e. The highest BCUT2D eigenvalue weighted by Gasteiger charge is 2.30. The monoisotopic (exact) mass is 638 g/mol. The van der Waals surface area contributed by atoms with Gasteiger partial charge in [0.05, 0.1) is 28.6 Å². The smallest absolute Gasteiger partial charge is 0.142 e. The van der Waals surface area contributed by atoms with Crippen molar-refractivity contribution in [3.8, 4) is 17.3 Å². The van der Waals surface area contributed by atoms with Crippen molar-refractivity contribution in [1.82, 2.24) is 19.5 Å². The van der Waals surface area contributed by atoms with Crippen LogP contribution in [0.25, 0.3) is 38.4 Å². The van der Waals surface area contributed by atoms with Crippen molar-refractivity contribution in [2.24, 2.45) is 0 Å². The standard InChI is InChI=1S/C42H34N6O/c1-42(2,3)29-18-22-44-40(23-29)48-36-14-7-6-13-34(36)35-16-15-32(25-38(35)48)49-31-11-8-10-30(24-31)46-27-47(39-26-43-20-19-37(39)46)41-33-12-5-4-9-28(33)17-21-45-41/h4-26H,27H2,1-3H3. The lowest BCUT2D eigenvalue weighted by molar-refractivity contribution is 0.483. The van der Waals surface area contributed by atoms with Gasteiger partial charge in [0.15, 0.2) is 0 Å². The molecule has 4 aromatic heterocycles. The SMILES string of the molecule is CC(C)(C)c1ccnc(-n2c3ccccc3c3ccc(Oc4cccc(N5CN(c6nccc7ccccc67)c6cnccc65)c4)cc32)c1. The van der Waals surface area contributed by atoms with Gasteiger partial charge >= 0.3 is 0 Å². The minimum absolute atomic E-state index is 0.00450. The van der Waals surface area contributed by atoms with E-state index in [0.717, 1.165) is 67.4 Å². The van der Waals surface area contributed by atoms with E-state index in [9.17, 15) is 0 Å². The number of hydrogen-bond acceptors (Lipinski definition) is 6. The molecule has 0 atom stereocenters. The molecular weight excluding hydrogens is 605 g/mol. The number of hydrogen-bond donors (Lipinski definition) is 0. The molecule has 4 aromatic carbocycles. The third-order valence-corrected chi connectivity index (χ3v) is 9.40. The van der Waals surface area contributed by atoms with Crippen LogP contribution in [-0.2, 0) is 5.41 Å². The summed E-state index contributed by atoms with van der Waals surface area (Å²) in [6.45, 7) is 7.29. The number of pyridine rings is 3.